The Balaban J connectivity index is 1.45. The summed E-state index contributed by atoms with van der Waals surface area (Å²) in [5.41, 5.74) is 3.63. The van der Waals surface area contributed by atoms with Crippen molar-refractivity contribution in [3.05, 3.63) is 29.8 Å². The average molecular weight is 582 g/mol. The molecule has 11 heteroatoms. The van der Waals surface area contributed by atoms with E-state index in [1.54, 1.807) is 10.9 Å². The zero-order valence-corrected chi connectivity index (χ0v) is 26.9. The maximum Gasteiger partial charge on any atom is 0.410 e. The number of rotatable bonds is 10. The summed E-state index contributed by atoms with van der Waals surface area (Å²) in [7, 11) is 0.716. The maximum absolute atomic E-state index is 12.9. The molecular formula is C30H47N7O3Si. The Morgan fingerprint density at radius 2 is 1.93 bits per heavy atom. The number of nitrogens with zero attached hydrogens (tertiary/aromatic N) is 6. The fraction of sp³-hybridized carbons (Fsp3) is 0.667. The first-order valence-electron chi connectivity index (χ1n) is 15.1. The summed E-state index contributed by atoms with van der Waals surface area (Å²) < 4.78 is 15.8. The Labute approximate surface area is 244 Å². The molecule has 0 radical (unpaired) electrons. The van der Waals surface area contributed by atoms with E-state index in [4.69, 9.17) is 19.4 Å². The Hall–Kier alpha value is -2.92. The van der Waals surface area contributed by atoms with Crippen LogP contribution in [-0.4, -0.2) is 68.7 Å². The predicted molar refractivity (Wildman–Crippen MR) is 164 cm³/mol. The van der Waals surface area contributed by atoms with E-state index in [0.29, 0.717) is 31.1 Å². The van der Waals surface area contributed by atoms with Crippen molar-refractivity contribution >= 4 is 36.8 Å². The van der Waals surface area contributed by atoms with Crippen LogP contribution in [-0.2, 0) is 29.7 Å². The number of fused-ring (bicyclic) bond motifs is 1. The molecule has 5 rings (SSSR count). The molecule has 1 aliphatic heterocycles. The summed E-state index contributed by atoms with van der Waals surface area (Å²) in [5.74, 6) is 1.40. The van der Waals surface area contributed by atoms with Gasteiger partial charge in [-0.2, -0.15) is 10.1 Å². The topological polar surface area (TPSA) is 99.3 Å². The first-order valence-corrected chi connectivity index (χ1v) is 18.8. The molecule has 2 fully saturated rings. The second-order valence-corrected chi connectivity index (χ2v) is 19.7. The van der Waals surface area contributed by atoms with Crippen LogP contribution in [0.5, 0.6) is 0 Å². The number of anilines is 2. The SMILES string of the molecule is Cn1cc(Nc2nc(C[C@H]3CCCN(C(=O)OC(C)(C)C)C3)c3c(C4CC4)cn(COCC[Si](C)(C)C)c3n2)cn1. The van der Waals surface area contributed by atoms with Crippen molar-refractivity contribution in [3.63, 3.8) is 0 Å². The monoisotopic (exact) mass is 581 g/mol. The van der Waals surface area contributed by atoms with Gasteiger partial charge in [0.2, 0.25) is 5.95 Å². The molecule has 3 aromatic heterocycles. The molecule has 1 aliphatic carbocycles. The molecule has 41 heavy (non-hydrogen) atoms. The first-order chi connectivity index (χ1) is 19.3. The van der Waals surface area contributed by atoms with Crippen LogP contribution >= 0.6 is 0 Å². The van der Waals surface area contributed by atoms with Gasteiger partial charge in [0.25, 0.3) is 0 Å². The van der Waals surface area contributed by atoms with Crippen LogP contribution in [0, 0.1) is 5.92 Å². The molecule has 0 bridgehead atoms. The number of hydrogen-bond acceptors (Lipinski definition) is 7. The van der Waals surface area contributed by atoms with Gasteiger partial charge < -0.3 is 24.3 Å². The Morgan fingerprint density at radius 1 is 1.15 bits per heavy atom. The average Bonchev–Trinajstić information content (AvgIpc) is 3.54. The quantitative estimate of drug-likeness (QED) is 0.222. The standard InChI is InChI=1S/C30H47N7O3Si/c1-30(2,3)40-29(38)36-12-8-9-21(17-36)15-25-26-24(22-10-11-22)19-37(20-39-13-14-41(5,6)7)27(26)34-28(33-25)32-23-16-31-35(4)18-23/h16,18-19,21-22H,8-15,17,20H2,1-7H3,(H,32,33,34)/t21-/m1/s1. The van der Waals surface area contributed by atoms with Crippen molar-refractivity contribution in [1.82, 2.24) is 29.2 Å². The van der Waals surface area contributed by atoms with Gasteiger partial charge in [-0.25, -0.2) is 9.78 Å². The lowest BCUT2D eigenvalue weighted by Crippen LogP contribution is -2.43. The van der Waals surface area contributed by atoms with Gasteiger partial charge in [0.15, 0.2) is 0 Å². The third-order valence-electron chi connectivity index (χ3n) is 7.68. The van der Waals surface area contributed by atoms with Crippen LogP contribution < -0.4 is 5.32 Å². The van der Waals surface area contributed by atoms with E-state index in [0.717, 1.165) is 60.9 Å². The zero-order chi connectivity index (χ0) is 29.4. The van der Waals surface area contributed by atoms with E-state index in [1.165, 1.54) is 18.4 Å². The summed E-state index contributed by atoms with van der Waals surface area (Å²) in [6.07, 6.45) is 10.9. The van der Waals surface area contributed by atoms with Gasteiger partial charge in [-0.05, 0) is 76.3 Å². The van der Waals surface area contributed by atoms with Crippen LogP contribution in [0.3, 0.4) is 0 Å². The van der Waals surface area contributed by atoms with Gasteiger partial charge >= 0.3 is 6.09 Å². The summed E-state index contributed by atoms with van der Waals surface area (Å²) >= 11 is 0. The van der Waals surface area contributed by atoms with Crippen molar-refractivity contribution in [3.8, 4) is 0 Å². The third kappa shape index (κ3) is 7.88. The van der Waals surface area contributed by atoms with Crippen molar-refractivity contribution in [2.75, 3.05) is 25.0 Å². The molecule has 3 aromatic rings. The number of aromatic nitrogens is 5. The molecule has 1 N–H and O–H groups in total. The fourth-order valence-electron chi connectivity index (χ4n) is 5.45. The van der Waals surface area contributed by atoms with Crippen LogP contribution in [0.15, 0.2) is 18.6 Å². The number of carbonyl (C=O) groups is 1. The molecule has 1 atom stereocenters. The summed E-state index contributed by atoms with van der Waals surface area (Å²) in [6, 6.07) is 1.13. The van der Waals surface area contributed by atoms with Gasteiger partial charge in [-0.15, -0.1) is 0 Å². The van der Waals surface area contributed by atoms with Crippen molar-refractivity contribution < 1.29 is 14.3 Å². The lowest BCUT2D eigenvalue weighted by Gasteiger charge is -2.34. The highest BCUT2D eigenvalue weighted by Crippen LogP contribution is 2.45. The van der Waals surface area contributed by atoms with Gasteiger partial charge in [-0.3, -0.25) is 4.68 Å². The highest BCUT2D eigenvalue weighted by molar-refractivity contribution is 6.76. The van der Waals surface area contributed by atoms with E-state index < -0.39 is 13.7 Å². The Bertz CT molecular complexity index is 1370. The highest BCUT2D eigenvalue weighted by atomic mass is 28.3. The normalized spacial score (nSPS) is 18.2. The van der Waals surface area contributed by atoms with E-state index in [-0.39, 0.29) is 6.09 Å². The lowest BCUT2D eigenvalue weighted by atomic mass is 9.92. The molecule has 2 aliphatic rings. The number of hydrogen-bond donors (Lipinski definition) is 1. The number of amides is 1. The molecule has 1 saturated heterocycles. The predicted octanol–water partition coefficient (Wildman–Crippen LogP) is 6.29. The van der Waals surface area contributed by atoms with Crippen LogP contribution in [0.4, 0.5) is 16.4 Å². The maximum atomic E-state index is 12.9. The largest absolute Gasteiger partial charge is 0.444 e. The second kappa shape index (κ2) is 11.8. The molecule has 4 heterocycles. The van der Waals surface area contributed by atoms with Crippen LogP contribution in [0.2, 0.25) is 25.7 Å². The molecule has 10 nitrogen and oxygen atoms in total. The minimum absolute atomic E-state index is 0.228. The van der Waals surface area contributed by atoms with Gasteiger partial charge in [0.05, 0.1) is 17.6 Å². The summed E-state index contributed by atoms with van der Waals surface area (Å²) in [6.45, 7) is 15.5. The molecule has 1 amide bonds. The number of likely N-dealkylation sites (tertiary alicyclic amines) is 1. The first kappa shape index (κ1) is 29.6. The zero-order valence-electron chi connectivity index (χ0n) is 25.9. The second-order valence-electron chi connectivity index (χ2n) is 14.0. The van der Waals surface area contributed by atoms with Crippen LogP contribution in [0.1, 0.15) is 63.6 Å². The Morgan fingerprint density at radius 3 is 2.59 bits per heavy atom. The number of carbonyl (C=O) groups excluding carboxylic acids is 1. The Kier molecular flexibility index (Phi) is 8.48. The third-order valence-corrected chi connectivity index (χ3v) is 9.38. The van der Waals surface area contributed by atoms with Crippen molar-refractivity contribution in [2.45, 2.75) is 96.8 Å². The number of nitrogens with one attached hydrogen (secondary N) is 1. The summed E-state index contributed by atoms with van der Waals surface area (Å²) in [4.78, 5) is 24.9. The van der Waals surface area contributed by atoms with E-state index in [2.05, 4.69) is 40.8 Å². The number of ether oxygens (including phenoxy) is 2. The smallest absolute Gasteiger partial charge is 0.410 e. The van der Waals surface area contributed by atoms with E-state index >= 15 is 0 Å². The van der Waals surface area contributed by atoms with E-state index in [9.17, 15) is 4.79 Å². The van der Waals surface area contributed by atoms with E-state index in [1.807, 2.05) is 38.9 Å². The van der Waals surface area contributed by atoms with Gasteiger partial charge in [0.1, 0.15) is 18.0 Å². The highest BCUT2D eigenvalue weighted by Gasteiger charge is 2.32. The molecular weight excluding hydrogens is 534 g/mol. The van der Waals surface area contributed by atoms with Crippen molar-refractivity contribution in [1.29, 1.82) is 0 Å². The van der Waals surface area contributed by atoms with Crippen molar-refractivity contribution in [2.24, 2.45) is 13.0 Å². The molecule has 1 saturated carbocycles. The van der Waals surface area contributed by atoms with Gasteiger partial charge in [0, 0.05) is 52.6 Å². The molecule has 0 spiro atoms. The number of aryl methyl sites for hydroxylation is 1. The number of piperidine rings is 1. The summed E-state index contributed by atoms with van der Waals surface area (Å²) in [5, 5.41) is 8.83. The molecule has 0 aromatic carbocycles. The molecule has 224 valence electrons. The minimum atomic E-state index is -1.18. The lowest BCUT2D eigenvalue weighted by molar-refractivity contribution is 0.0166. The van der Waals surface area contributed by atoms with Gasteiger partial charge in [-0.1, -0.05) is 19.6 Å². The fourth-order valence-corrected chi connectivity index (χ4v) is 6.21. The van der Waals surface area contributed by atoms with Crippen LogP contribution in [0.25, 0.3) is 11.0 Å². The minimum Gasteiger partial charge on any atom is -0.444 e. The molecule has 0 unspecified atom stereocenters.